The van der Waals surface area contributed by atoms with Gasteiger partial charge in [0.1, 0.15) is 23.2 Å². The molecule has 0 radical (unpaired) electrons. The molecule has 0 saturated carbocycles. The van der Waals surface area contributed by atoms with Gasteiger partial charge in [-0.2, -0.15) is 13.2 Å². The van der Waals surface area contributed by atoms with Gasteiger partial charge in [-0.25, -0.2) is 4.98 Å². The second-order valence-electron chi connectivity index (χ2n) is 9.73. The number of aromatic nitrogens is 2. The van der Waals surface area contributed by atoms with Gasteiger partial charge in [-0.1, -0.05) is 36.2 Å². The second-order valence-corrected chi connectivity index (χ2v) is 10.5. The van der Waals surface area contributed by atoms with E-state index in [1.165, 1.54) is 37.3 Å². The van der Waals surface area contributed by atoms with Crippen LogP contribution in [0, 0.1) is 5.92 Å². The van der Waals surface area contributed by atoms with E-state index in [0.717, 1.165) is 0 Å². The average Bonchev–Trinajstić information content (AvgIpc) is 3.09. The number of hydrogen-bond donors (Lipinski definition) is 1. The highest BCUT2D eigenvalue weighted by atomic mass is 35.5. The molecule has 0 saturated heterocycles. The van der Waals surface area contributed by atoms with Gasteiger partial charge < -0.3 is 14.5 Å². The van der Waals surface area contributed by atoms with Crippen LogP contribution in [-0.2, 0) is 30.4 Å². The fourth-order valence-electron chi connectivity index (χ4n) is 4.79. The highest BCUT2D eigenvalue weighted by molar-refractivity contribution is 6.42. The number of aliphatic imine (C=N–C) groups is 1. The molecule has 2 heterocycles. The molecule has 0 bridgehead atoms. The molecule has 1 aliphatic rings. The summed E-state index contributed by atoms with van der Waals surface area (Å²) in [5.41, 5.74) is -1.82. The molecule has 2 aromatic carbocycles. The van der Waals surface area contributed by atoms with Crippen LogP contribution in [0.3, 0.4) is 0 Å². The fourth-order valence-corrected chi connectivity index (χ4v) is 5.11. The Morgan fingerprint density at radius 1 is 1.05 bits per heavy atom. The zero-order valence-electron chi connectivity index (χ0n) is 23.1. The van der Waals surface area contributed by atoms with Gasteiger partial charge in [0.25, 0.3) is 5.56 Å². The number of methoxy groups -OCH3 is 2. The number of nitrogens with zero attached hydrogens (tertiary/aromatic N) is 3. The number of benzene rings is 2. The van der Waals surface area contributed by atoms with Gasteiger partial charge in [-0.05, 0) is 42.7 Å². The molecular formula is C29H29Cl2F3N4O4. The number of rotatable bonds is 9. The van der Waals surface area contributed by atoms with E-state index in [4.69, 9.17) is 32.7 Å². The van der Waals surface area contributed by atoms with E-state index in [1.807, 2.05) is 6.92 Å². The van der Waals surface area contributed by atoms with Crippen molar-refractivity contribution in [3.63, 3.8) is 0 Å². The summed E-state index contributed by atoms with van der Waals surface area (Å²) < 4.78 is 53.3. The standard InChI is InChI=1S/C29H29Cl2F3N4O4/c1-4-17-9-10-35-25(38(28(17)40)15-18-6-7-19(41-2)13-23(18)42-3)14-24-36-26(29(32,33)34)20(27(39)37-24)11-16-5-8-21(30)22(31)12-16/h5-8,12-13,17H,4,9-11,14-15H2,1-3H3,(H,36,37,39). The molecule has 0 fully saturated rings. The summed E-state index contributed by atoms with van der Waals surface area (Å²) in [6.07, 6.45) is -4.54. The number of amidine groups is 1. The van der Waals surface area contributed by atoms with E-state index in [2.05, 4.69) is 15.0 Å². The van der Waals surface area contributed by atoms with Crippen LogP contribution in [0.2, 0.25) is 10.0 Å². The molecule has 224 valence electrons. The first-order chi connectivity index (χ1) is 19.9. The Bertz CT molecular complexity index is 1560. The van der Waals surface area contributed by atoms with Crippen LogP contribution >= 0.6 is 23.2 Å². The molecule has 0 aliphatic carbocycles. The summed E-state index contributed by atoms with van der Waals surface area (Å²) >= 11 is 11.9. The number of carbonyl (C=O) groups excluding carboxylic acids is 1. The Morgan fingerprint density at radius 3 is 2.45 bits per heavy atom. The summed E-state index contributed by atoms with van der Waals surface area (Å²) in [5.74, 6) is 0.403. The van der Waals surface area contributed by atoms with Crippen LogP contribution in [0.4, 0.5) is 13.2 Å². The molecule has 1 amide bonds. The summed E-state index contributed by atoms with van der Waals surface area (Å²) in [5, 5.41) is 0.387. The third kappa shape index (κ3) is 7.07. The van der Waals surface area contributed by atoms with Crippen molar-refractivity contribution >= 4 is 34.9 Å². The van der Waals surface area contributed by atoms with E-state index >= 15 is 0 Å². The first-order valence-electron chi connectivity index (χ1n) is 13.1. The predicted octanol–water partition coefficient (Wildman–Crippen LogP) is 6.10. The van der Waals surface area contributed by atoms with Gasteiger partial charge in [-0.15, -0.1) is 0 Å². The SMILES string of the molecule is CCC1CCN=C(Cc2nc(C(F)(F)F)c(Cc3ccc(Cl)c(Cl)c3)c(=O)[nH]2)N(Cc2ccc(OC)cc2OC)C1=O. The quantitative estimate of drug-likeness (QED) is 0.310. The molecule has 1 N–H and O–H groups in total. The molecule has 1 atom stereocenters. The summed E-state index contributed by atoms with van der Waals surface area (Å²) in [6.45, 7) is 2.23. The third-order valence-electron chi connectivity index (χ3n) is 7.04. The second kappa shape index (κ2) is 13.2. The summed E-state index contributed by atoms with van der Waals surface area (Å²) in [7, 11) is 3.00. The fraction of sp³-hybridized carbons (Fsp3) is 0.379. The van der Waals surface area contributed by atoms with Gasteiger partial charge in [0.15, 0.2) is 5.69 Å². The van der Waals surface area contributed by atoms with Crippen molar-refractivity contribution in [2.24, 2.45) is 10.9 Å². The predicted molar refractivity (Wildman–Crippen MR) is 154 cm³/mol. The molecule has 1 unspecified atom stereocenters. The van der Waals surface area contributed by atoms with E-state index in [0.29, 0.717) is 42.0 Å². The number of halogens is 5. The van der Waals surface area contributed by atoms with Gasteiger partial charge in [0.2, 0.25) is 5.91 Å². The van der Waals surface area contributed by atoms with Crippen molar-refractivity contribution in [1.82, 2.24) is 14.9 Å². The average molecular weight is 625 g/mol. The molecule has 1 aromatic heterocycles. The van der Waals surface area contributed by atoms with Crippen molar-refractivity contribution in [1.29, 1.82) is 0 Å². The van der Waals surface area contributed by atoms with Crippen LogP contribution in [0.15, 0.2) is 46.2 Å². The molecule has 0 spiro atoms. The van der Waals surface area contributed by atoms with Crippen molar-refractivity contribution < 1.29 is 27.4 Å². The van der Waals surface area contributed by atoms with E-state index in [1.54, 1.807) is 18.2 Å². The molecule has 42 heavy (non-hydrogen) atoms. The molecule has 8 nitrogen and oxygen atoms in total. The first kappa shape index (κ1) is 31.4. The van der Waals surface area contributed by atoms with Crippen LogP contribution in [-0.4, -0.2) is 47.4 Å². The molecule has 1 aliphatic heterocycles. The Morgan fingerprint density at radius 2 is 1.81 bits per heavy atom. The minimum absolute atomic E-state index is 0.0487. The lowest BCUT2D eigenvalue weighted by Crippen LogP contribution is -2.40. The lowest BCUT2D eigenvalue weighted by atomic mass is 10.0. The lowest BCUT2D eigenvalue weighted by molar-refractivity contribution is -0.142. The number of ether oxygens (including phenoxy) is 2. The van der Waals surface area contributed by atoms with Crippen molar-refractivity contribution in [3.8, 4) is 11.5 Å². The number of H-pyrrole nitrogens is 1. The number of nitrogens with one attached hydrogen (secondary N) is 1. The molecular weight excluding hydrogens is 596 g/mol. The van der Waals surface area contributed by atoms with Crippen LogP contribution < -0.4 is 15.0 Å². The van der Waals surface area contributed by atoms with E-state index in [-0.39, 0.29) is 52.9 Å². The minimum Gasteiger partial charge on any atom is -0.497 e. The van der Waals surface area contributed by atoms with Crippen molar-refractivity contribution in [2.75, 3.05) is 20.8 Å². The number of aromatic amines is 1. The number of carbonyl (C=O) groups is 1. The largest absolute Gasteiger partial charge is 0.497 e. The zero-order valence-corrected chi connectivity index (χ0v) is 24.7. The van der Waals surface area contributed by atoms with Crippen molar-refractivity contribution in [2.45, 2.75) is 45.3 Å². The third-order valence-corrected chi connectivity index (χ3v) is 7.78. The molecule has 4 rings (SSSR count). The molecule has 3 aromatic rings. The number of hydrogen-bond acceptors (Lipinski definition) is 6. The van der Waals surface area contributed by atoms with Gasteiger partial charge in [-0.3, -0.25) is 19.5 Å². The van der Waals surface area contributed by atoms with Crippen molar-refractivity contribution in [3.05, 3.63) is 85.0 Å². The Hall–Kier alpha value is -3.57. The minimum atomic E-state index is -4.92. The summed E-state index contributed by atoms with van der Waals surface area (Å²) in [4.78, 5) is 38.9. The Balaban J connectivity index is 1.72. The lowest BCUT2D eigenvalue weighted by Gasteiger charge is -2.27. The van der Waals surface area contributed by atoms with Gasteiger partial charge in [0, 0.05) is 30.5 Å². The molecule has 13 heteroatoms. The Kier molecular flexibility index (Phi) is 9.83. The maximum atomic E-state index is 14.2. The van der Waals surface area contributed by atoms with E-state index in [9.17, 15) is 22.8 Å². The number of amides is 1. The zero-order chi connectivity index (χ0) is 30.6. The smallest absolute Gasteiger partial charge is 0.433 e. The van der Waals surface area contributed by atoms with Gasteiger partial charge >= 0.3 is 6.18 Å². The highest BCUT2D eigenvalue weighted by Gasteiger charge is 2.38. The van der Waals surface area contributed by atoms with Crippen LogP contribution in [0.25, 0.3) is 0 Å². The maximum absolute atomic E-state index is 14.2. The maximum Gasteiger partial charge on any atom is 0.433 e. The van der Waals surface area contributed by atoms with Crippen LogP contribution in [0.5, 0.6) is 11.5 Å². The van der Waals surface area contributed by atoms with E-state index < -0.39 is 23.0 Å². The number of alkyl halides is 3. The topological polar surface area (TPSA) is 96.9 Å². The highest BCUT2D eigenvalue weighted by Crippen LogP contribution is 2.32. The summed E-state index contributed by atoms with van der Waals surface area (Å²) in [6, 6.07) is 9.47. The van der Waals surface area contributed by atoms with Gasteiger partial charge in [0.05, 0.1) is 42.8 Å². The Labute approximate surface area is 250 Å². The van der Waals surface area contributed by atoms with Crippen LogP contribution in [0.1, 0.15) is 48.0 Å². The normalized spacial score (nSPS) is 15.8. The first-order valence-corrected chi connectivity index (χ1v) is 13.9. The monoisotopic (exact) mass is 624 g/mol.